The first-order valence-electron chi connectivity index (χ1n) is 14.1. The second-order valence-electron chi connectivity index (χ2n) is 13.8. The van der Waals surface area contributed by atoms with Gasteiger partial charge in [0.05, 0.1) is 5.60 Å². The summed E-state index contributed by atoms with van der Waals surface area (Å²) in [4.78, 5) is 2.83. The fourth-order valence-corrected chi connectivity index (χ4v) is 9.89. The lowest BCUT2D eigenvalue weighted by Crippen LogP contribution is -2.83. The molecule has 2 aliphatic heterocycles. The molecule has 35 heavy (non-hydrogen) atoms. The minimum absolute atomic E-state index is 0.0248. The molecule has 8 rings (SSSR count). The molecule has 5 nitrogen and oxygen atoms in total. The summed E-state index contributed by atoms with van der Waals surface area (Å²) in [6.07, 6.45) is 8.56. The van der Waals surface area contributed by atoms with Crippen LogP contribution in [0.2, 0.25) is 0 Å². The molecule has 2 heterocycles. The lowest BCUT2D eigenvalue weighted by Gasteiger charge is -2.75. The molecule has 7 aliphatic rings. The van der Waals surface area contributed by atoms with E-state index in [0.29, 0.717) is 11.8 Å². The maximum atomic E-state index is 12.4. The Morgan fingerprint density at radius 3 is 2.63 bits per heavy atom. The minimum atomic E-state index is -0.900. The van der Waals surface area contributed by atoms with E-state index < -0.39 is 11.2 Å². The molecule has 1 unspecified atom stereocenters. The molecule has 1 aromatic rings. The summed E-state index contributed by atoms with van der Waals surface area (Å²) < 4.78 is 13.5. The molecule has 4 saturated carbocycles. The van der Waals surface area contributed by atoms with Gasteiger partial charge in [0.1, 0.15) is 11.7 Å². The SMILES string of the molecule is CCC(C)(C)[C@@](C)(O)[C@H]1C[C@@]23CC[C@]1(OC)C1Oc4c(O)ccc5c4[C@@]12CCN(CC1CC1)[C@@H]3C5. The predicted molar refractivity (Wildman–Crippen MR) is 135 cm³/mol. The number of aliphatic hydroxyl groups is 1. The Morgan fingerprint density at radius 2 is 1.94 bits per heavy atom. The molecular weight excluding hydrogens is 438 g/mol. The van der Waals surface area contributed by atoms with Gasteiger partial charge in [0.2, 0.25) is 0 Å². The molecule has 0 aromatic heterocycles. The Kier molecular flexibility index (Phi) is 4.42. The maximum Gasteiger partial charge on any atom is 0.165 e. The van der Waals surface area contributed by atoms with Gasteiger partial charge in [0.15, 0.2) is 11.5 Å². The number of rotatable bonds is 6. The van der Waals surface area contributed by atoms with Crippen molar-refractivity contribution in [3.8, 4) is 11.5 Å². The van der Waals surface area contributed by atoms with Gasteiger partial charge in [0, 0.05) is 42.0 Å². The number of piperidine rings is 1. The average Bonchev–Trinajstić information content (AvgIpc) is 3.58. The third-order valence-electron chi connectivity index (χ3n) is 12.6. The van der Waals surface area contributed by atoms with Crippen LogP contribution in [0.3, 0.4) is 0 Å². The Morgan fingerprint density at radius 1 is 1.17 bits per heavy atom. The van der Waals surface area contributed by atoms with Gasteiger partial charge in [-0.05, 0) is 87.8 Å². The molecule has 5 fully saturated rings. The van der Waals surface area contributed by atoms with Crippen molar-refractivity contribution in [3.63, 3.8) is 0 Å². The van der Waals surface area contributed by atoms with Gasteiger partial charge in [-0.3, -0.25) is 4.90 Å². The summed E-state index contributed by atoms with van der Waals surface area (Å²) in [5.74, 6) is 1.81. The van der Waals surface area contributed by atoms with Crippen molar-refractivity contribution >= 4 is 0 Å². The van der Waals surface area contributed by atoms with Gasteiger partial charge in [-0.15, -0.1) is 0 Å². The van der Waals surface area contributed by atoms with Crippen molar-refractivity contribution in [1.29, 1.82) is 0 Å². The number of benzene rings is 1. The van der Waals surface area contributed by atoms with Crippen LogP contribution in [-0.2, 0) is 16.6 Å². The molecule has 192 valence electrons. The quantitative estimate of drug-likeness (QED) is 0.611. The third kappa shape index (κ3) is 2.43. The van der Waals surface area contributed by atoms with Gasteiger partial charge < -0.3 is 19.7 Å². The number of fused-ring (bicyclic) bond motifs is 2. The number of likely N-dealkylation sites (tertiary alicyclic amines) is 1. The zero-order valence-corrected chi connectivity index (χ0v) is 22.2. The summed E-state index contributed by atoms with van der Waals surface area (Å²) in [6, 6.07) is 4.47. The Hall–Kier alpha value is -1.30. The lowest BCUT2D eigenvalue weighted by atomic mass is 9.33. The number of phenolic OH excluding ortho intramolecular Hbond substituents is 1. The Labute approximate surface area is 210 Å². The Bertz CT molecular complexity index is 1080. The van der Waals surface area contributed by atoms with Gasteiger partial charge in [-0.2, -0.15) is 0 Å². The van der Waals surface area contributed by atoms with E-state index in [1.165, 1.54) is 30.5 Å². The molecule has 5 heteroatoms. The number of ether oxygens (including phenoxy) is 2. The highest BCUT2D eigenvalue weighted by Gasteiger charge is 2.82. The van der Waals surface area contributed by atoms with Gasteiger partial charge >= 0.3 is 0 Å². The molecule has 2 N–H and O–H groups in total. The first-order valence-corrected chi connectivity index (χ1v) is 14.1. The number of aromatic hydroxyl groups is 1. The van der Waals surface area contributed by atoms with Crippen molar-refractivity contribution in [2.45, 2.75) is 108 Å². The first-order chi connectivity index (χ1) is 16.6. The molecular formula is C30H43NO4. The zero-order chi connectivity index (χ0) is 24.6. The smallest absolute Gasteiger partial charge is 0.165 e. The number of hydrogen-bond acceptors (Lipinski definition) is 5. The van der Waals surface area contributed by atoms with E-state index in [2.05, 4.69) is 38.7 Å². The van der Waals surface area contributed by atoms with E-state index in [0.717, 1.165) is 51.0 Å². The Balaban J connectivity index is 1.46. The van der Waals surface area contributed by atoms with Gasteiger partial charge in [-0.25, -0.2) is 0 Å². The van der Waals surface area contributed by atoms with Crippen LogP contribution < -0.4 is 4.74 Å². The van der Waals surface area contributed by atoms with E-state index in [4.69, 9.17) is 9.47 Å². The summed E-state index contributed by atoms with van der Waals surface area (Å²) in [5, 5.41) is 23.4. The topological polar surface area (TPSA) is 62.2 Å². The van der Waals surface area contributed by atoms with Crippen LogP contribution in [-0.4, -0.2) is 58.7 Å². The molecule has 0 amide bonds. The maximum absolute atomic E-state index is 12.4. The van der Waals surface area contributed by atoms with Crippen LogP contribution in [0.25, 0.3) is 0 Å². The zero-order valence-electron chi connectivity index (χ0n) is 22.2. The van der Waals surface area contributed by atoms with E-state index in [9.17, 15) is 10.2 Å². The molecule has 5 aliphatic carbocycles. The normalized spacial score (nSPS) is 43.0. The summed E-state index contributed by atoms with van der Waals surface area (Å²) in [7, 11) is 1.84. The predicted octanol–water partition coefficient (Wildman–Crippen LogP) is 4.80. The third-order valence-corrected chi connectivity index (χ3v) is 12.6. The molecule has 1 saturated heterocycles. The number of hydrogen-bond donors (Lipinski definition) is 2. The van der Waals surface area contributed by atoms with E-state index >= 15 is 0 Å². The van der Waals surface area contributed by atoms with E-state index in [1.54, 1.807) is 0 Å². The lowest BCUT2D eigenvalue weighted by molar-refractivity contribution is -0.313. The summed E-state index contributed by atoms with van der Waals surface area (Å²) >= 11 is 0. The van der Waals surface area contributed by atoms with Crippen LogP contribution in [0.5, 0.6) is 11.5 Å². The summed E-state index contributed by atoms with van der Waals surface area (Å²) in [5.41, 5.74) is 0.836. The van der Waals surface area contributed by atoms with Crippen molar-refractivity contribution in [2.24, 2.45) is 22.7 Å². The summed E-state index contributed by atoms with van der Waals surface area (Å²) in [6.45, 7) is 11.0. The second-order valence-corrected chi connectivity index (χ2v) is 13.8. The number of methoxy groups -OCH3 is 1. The fraction of sp³-hybridized carbons (Fsp3) is 0.800. The number of phenols is 1. The average molecular weight is 482 g/mol. The van der Waals surface area contributed by atoms with Crippen LogP contribution in [0.4, 0.5) is 0 Å². The van der Waals surface area contributed by atoms with Crippen molar-refractivity contribution in [1.82, 2.24) is 4.90 Å². The highest BCUT2D eigenvalue weighted by atomic mass is 16.6. The highest BCUT2D eigenvalue weighted by molar-refractivity contribution is 5.63. The highest BCUT2D eigenvalue weighted by Crippen LogP contribution is 2.78. The van der Waals surface area contributed by atoms with Crippen LogP contribution in [0.15, 0.2) is 12.1 Å². The van der Waals surface area contributed by atoms with E-state index in [-0.39, 0.29) is 34.0 Å². The molecule has 7 atom stereocenters. The standard InChI is InChI=1S/C30H43NO4/c1-6-26(2,3)27(4,33)21-16-28-11-12-30(21,34-5)25-29(28)13-14-31(17-18-7-8-18)22(28)15-19-9-10-20(32)24(35-25)23(19)29/h9-10,18,21-22,25,32-33H,6-8,11-17H2,1-5H3/t21-,22-,25?,27+,28-,29+,30-/m1/s1. The molecule has 0 radical (unpaired) electrons. The van der Waals surface area contributed by atoms with Gasteiger partial charge in [-0.1, -0.05) is 26.8 Å². The second kappa shape index (κ2) is 6.76. The molecule has 4 bridgehead atoms. The van der Waals surface area contributed by atoms with E-state index in [1.807, 2.05) is 13.2 Å². The first kappa shape index (κ1) is 22.9. The van der Waals surface area contributed by atoms with Crippen molar-refractivity contribution in [2.75, 3.05) is 20.2 Å². The monoisotopic (exact) mass is 481 g/mol. The molecule has 2 spiro atoms. The van der Waals surface area contributed by atoms with Crippen LogP contribution in [0, 0.1) is 22.7 Å². The van der Waals surface area contributed by atoms with Crippen LogP contribution in [0.1, 0.15) is 83.8 Å². The minimum Gasteiger partial charge on any atom is -0.504 e. The van der Waals surface area contributed by atoms with Crippen LogP contribution >= 0.6 is 0 Å². The molecule has 1 aromatic carbocycles. The number of nitrogens with zero attached hydrogens (tertiary/aromatic N) is 1. The van der Waals surface area contributed by atoms with Crippen molar-refractivity contribution < 1.29 is 19.7 Å². The van der Waals surface area contributed by atoms with Gasteiger partial charge in [0.25, 0.3) is 0 Å². The largest absolute Gasteiger partial charge is 0.504 e. The van der Waals surface area contributed by atoms with Crippen molar-refractivity contribution in [3.05, 3.63) is 23.3 Å². The fourth-order valence-electron chi connectivity index (χ4n) is 9.89.